The van der Waals surface area contributed by atoms with Crippen LogP contribution < -0.4 is 4.74 Å². The van der Waals surface area contributed by atoms with Crippen molar-refractivity contribution in [2.45, 2.75) is 18.8 Å². The molecule has 0 aliphatic heterocycles. The van der Waals surface area contributed by atoms with Crippen LogP contribution >= 0.6 is 0 Å². The van der Waals surface area contributed by atoms with Crippen LogP contribution in [0.15, 0.2) is 48.3 Å². The van der Waals surface area contributed by atoms with E-state index in [9.17, 15) is 0 Å². The second-order valence-electron chi connectivity index (χ2n) is 4.72. The first-order valence-corrected chi connectivity index (χ1v) is 6.11. The van der Waals surface area contributed by atoms with E-state index in [0.29, 0.717) is 18.4 Å². The molecular formula is C15H16O2. The van der Waals surface area contributed by atoms with Crippen molar-refractivity contribution < 1.29 is 9.84 Å². The van der Waals surface area contributed by atoms with Crippen LogP contribution in [0.1, 0.15) is 24.3 Å². The molecule has 1 saturated carbocycles. The standard InChI is InChI=1S/C15H16O2/c16-10-12-9-15(12)11-4-3-7-14(8-11)17-13-5-1-2-6-13/h1-5,7-8,12,15-16H,6,9-10H2. The van der Waals surface area contributed by atoms with Crippen LogP contribution in [0.25, 0.3) is 0 Å². The van der Waals surface area contributed by atoms with Gasteiger partial charge in [-0.2, -0.15) is 0 Å². The predicted molar refractivity (Wildman–Crippen MR) is 66.8 cm³/mol. The number of allylic oxidation sites excluding steroid dienone is 3. The smallest absolute Gasteiger partial charge is 0.127 e. The molecule has 2 nitrogen and oxygen atoms in total. The number of aliphatic hydroxyl groups is 1. The Hall–Kier alpha value is -1.54. The maximum atomic E-state index is 9.09. The molecule has 2 atom stereocenters. The van der Waals surface area contributed by atoms with E-state index in [1.807, 2.05) is 24.3 Å². The summed E-state index contributed by atoms with van der Waals surface area (Å²) in [6.07, 6.45) is 8.08. The molecule has 2 aliphatic rings. The van der Waals surface area contributed by atoms with Crippen molar-refractivity contribution in [3.8, 4) is 5.75 Å². The molecule has 1 N–H and O–H groups in total. The fourth-order valence-electron chi connectivity index (χ4n) is 2.32. The van der Waals surface area contributed by atoms with Crippen LogP contribution in [0.4, 0.5) is 0 Å². The molecule has 0 spiro atoms. The average molecular weight is 228 g/mol. The van der Waals surface area contributed by atoms with Crippen molar-refractivity contribution in [2.75, 3.05) is 6.61 Å². The van der Waals surface area contributed by atoms with Gasteiger partial charge in [-0.1, -0.05) is 24.3 Å². The number of rotatable bonds is 4. The zero-order chi connectivity index (χ0) is 11.7. The second kappa shape index (κ2) is 4.38. The van der Waals surface area contributed by atoms with Gasteiger partial charge in [0.2, 0.25) is 0 Å². The van der Waals surface area contributed by atoms with E-state index in [1.54, 1.807) is 0 Å². The molecule has 0 bridgehead atoms. The summed E-state index contributed by atoms with van der Waals surface area (Å²) in [7, 11) is 0. The molecule has 1 fully saturated rings. The molecule has 0 amide bonds. The van der Waals surface area contributed by atoms with Crippen LogP contribution in [0.3, 0.4) is 0 Å². The summed E-state index contributed by atoms with van der Waals surface area (Å²) in [5.41, 5.74) is 1.29. The van der Waals surface area contributed by atoms with Crippen LogP contribution in [0.5, 0.6) is 5.75 Å². The largest absolute Gasteiger partial charge is 0.461 e. The van der Waals surface area contributed by atoms with E-state index in [-0.39, 0.29) is 0 Å². The molecule has 0 aromatic heterocycles. The number of aliphatic hydroxyl groups excluding tert-OH is 1. The summed E-state index contributed by atoms with van der Waals surface area (Å²) in [6, 6.07) is 8.23. The summed E-state index contributed by atoms with van der Waals surface area (Å²) < 4.78 is 5.80. The summed E-state index contributed by atoms with van der Waals surface area (Å²) in [5, 5.41) is 9.09. The zero-order valence-corrected chi connectivity index (χ0v) is 9.67. The van der Waals surface area contributed by atoms with Crippen molar-refractivity contribution in [2.24, 2.45) is 5.92 Å². The quantitative estimate of drug-likeness (QED) is 0.858. The number of ether oxygens (including phenoxy) is 1. The maximum Gasteiger partial charge on any atom is 0.127 e. The molecule has 0 radical (unpaired) electrons. The minimum absolute atomic E-state index is 0.296. The first-order chi connectivity index (χ1) is 8.36. The molecule has 1 aromatic carbocycles. The van der Waals surface area contributed by atoms with Crippen molar-refractivity contribution in [3.63, 3.8) is 0 Å². The molecule has 0 saturated heterocycles. The van der Waals surface area contributed by atoms with Gasteiger partial charge in [0.1, 0.15) is 11.5 Å². The Bertz CT molecular complexity index is 474. The predicted octanol–water partition coefficient (Wildman–Crippen LogP) is 3.01. The maximum absolute atomic E-state index is 9.09. The van der Waals surface area contributed by atoms with Crippen LogP contribution in [-0.4, -0.2) is 11.7 Å². The Labute approximate surface area is 101 Å². The minimum Gasteiger partial charge on any atom is -0.461 e. The molecule has 1 aromatic rings. The SMILES string of the molecule is OCC1CC1c1cccc(OC2=CC=CC2)c1. The Morgan fingerprint density at radius 1 is 1.35 bits per heavy atom. The van der Waals surface area contributed by atoms with Crippen molar-refractivity contribution in [3.05, 3.63) is 53.8 Å². The van der Waals surface area contributed by atoms with Gasteiger partial charge in [-0.05, 0) is 42.0 Å². The first kappa shape index (κ1) is 10.6. The minimum atomic E-state index is 0.296. The highest BCUT2D eigenvalue weighted by Crippen LogP contribution is 2.47. The number of benzene rings is 1. The van der Waals surface area contributed by atoms with E-state index in [2.05, 4.69) is 18.2 Å². The van der Waals surface area contributed by atoms with Crippen molar-refractivity contribution >= 4 is 0 Å². The fourth-order valence-corrected chi connectivity index (χ4v) is 2.32. The summed E-state index contributed by atoms with van der Waals surface area (Å²) >= 11 is 0. The van der Waals surface area contributed by atoms with E-state index in [4.69, 9.17) is 9.84 Å². The van der Waals surface area contributed by atoms with E-state index in [1.165, 1.54) is 5.56 Å². The third-order valence-corrected chi connectivity index (χ3v) is 3.43. The molecule has 0 heterocycles. The fraction of sp³-hybridized carbons (Fsp3) is 0.333. The highest BCUT2D eigenvalue weighted by molar-refractivity contribution is 5.35. The van der Waals surface area contributed by atoms with Crippen molar-refractivity contribution in [1.29, 1.82) is 0 Å². The highest BCUT2D eigenvalue weighted by Gasteiger charge is 2.37. The molecule has 2 heteroatoms. The van der Waals surface area contributed by atoms with Crippen molar-refractivity contribution in [1.82, 2.24) is 0 Å². The molecule has 2 aliphatic carbocycles. The number of hydrogen-bond donors (Lipinski definition) is 1. The van der Waals surface area contributed by atoms with Crippen LogP contribution in [-0.2, 0) is 0 Å². The van der Waals surface area contributed by atoms with E-state index >= 15 is 0 Å². The van der Waals surface area contributed by atoms with Gasteiger partial charge >= 0.3 is 0 Å². The lowest BCUT2D eigenvalue weighted by atomic mass is 10.1. The van der Waals surface area contributed by atoms with Gasteiger partial charge in [-0.15, -0.1) is 0 Å². The third-order valence-electron chi connectivity index (χ3n) is 3.43. The Morgan fingerprint density at radius 2 is 2.29 bits per heavy atom. The molecule has 17 heavy (non-hydrogen) atoms. The van der Waals surface area contributed by atoms with Crippen LogP contribution in [0.2, 0.25) is 0 Å². The van der Waals surface area contributed by atoms with Gasteiger partial charge in [0.25, 0.3) is 0 Å². The summed E-state index contributed by atoms with van der Waals surface area (Å²) in [6.45, 7) is 0.296. The molecule has 2 unspecified atom stereocenters. The Kier molecular flexibility index (Phi) is 2.73. The monoisotopic (exact) mass is 228 g/mol. The molecule has 88 valence electrons. The zero-order valence-electron chi connectivity index (χ0n) is 9.67. The van der Waals surface area contributed by atoms with E-state index < -0.39 is 0 Å². The summed E-state index contributed by atoms with van der Waals surface area (Å²) in [4.78, 5) is 0. The Balaban J connectivity index is 1.71. The van der Waals surface area contributed by atoms with Gasteiger partial charge in [0.15, 0.2) is 0 Å². The highest BCUT2D eigenvalue weighted by atomic mass is 16.5. The topological polar surface area (TPSA) is 29.5 Å². The van der Waals surface area contributed by atoms with Gasteiger partial charge in [-0.25, -0.2) is 0 Å². The lowest BCUT2D eigenvalue weighted by Crippen LogP contribution is -1.93. The average Bonchev–Trinajstić information content (AvgIpc) is 2.99. The second-order valence-corrected chi connectivity index (χ2v) is 4.72. The van der Waals surface area contributed by atoms with Gasteiger partial charge < -0.3 is 9.84 Å². The normalized spacial score (nSPS) is 25.8. The first-order valence-electron chi connectivity index (χ1n) is 6.11. The lowest BCUT2D eigenvalue weighted by Gasteiger charge is -2.08. The van der Waals surface area contributed by atoms with Crippen LogP contribution in [0, 0.1) is 5.92 Å². The summed E-state index contributed by atoms with van der Waals surface area (Å²) in [5.74, 6) is 2.88. The molecule has 3 rings (SSSR count). The van der Waals surface area contributed by atoms with Gasteiger partial charge in [-0.3, -0.25) is 0 Å². The molecular weight excluding hydrogens is 212 g/mol. The van der Waals surface area contributed by atoms with Gasteiger partial charge in [0, 0.05) is 13.0 Å². The third kappa shape index (κ3) is 2.27. The van der Waals surface area contributed by atoms with Gasteiger partial charge in [0.05, 0.1) is 0 Å². The van der Waals surface area contributed by atoms with E-state index in [0.717, 1.165) is 24.4 Å². The lowest BCUT2D eigenvalue weighted by molar-refractivity contribution is 0.274. The Morgan fingerprint density at radius 3 is 3.00 bits per heavy atom. The number of hydrogen-bond acceptors (Lipinski definition) is 2.